The smallest absolute Gasteiger partial charge is 0.507 e. The van der Waals surface area contributed by atoms with E-state index in [1.54, 1.807) is 26.0 Å². The number of Topliss-reactive ketones (excluding diaryl/α,β-unsaturated/α-hetero) is 1. The normalized spacial score (nSPS) is 17.5. The highest BCUT2D eigenvalue weighted by Gasteiger charge is 2.48. The van der Waals surface area contributed by atoms with Crippen molar-refractivity contribution in [1.29, 1.82) is 0 Å². The molecular weight excluding hydrogens is 503 g/mol. The number of ether oxygens (including phenoxy) is 2. The number of aliphatic hydroxyl groups excluding tert-OH is 1. The van der Waals surface area contributed by atoms with Crippen molar-refractivity contribution in [3.8, 4) is 11.5 Å². The fourth-order valence-electron chi connectivity index (χ4n) is 3.86. The van der Waals surface area contributed by atoms with Gasteiger partial charge in [0.15, 0.2) is 0 Å². The molecule has 1 N–H and O–H groups in total. The van der Waals surface area contributed by atoms with E-state index in [1.807, 2.05) is 0 Å². The van der Waals surface area contributed by atoms with Crippen LogP contribution in [-0.2, 0) is 9.59 Å². The zero-order valence-corrected chi connectivity index (χ0v) is 19.7. The molecule has 0 radical (unpaired) electrons. The average molecular weight is 522 g/mol. The van der Waals surface area contributed by atoms with Crippen molar-refractivity contribution in [2.45, 2.75) is 26.3 Å². The van der Waals surface area contributed by atoms with Gasteiger partial charge in [0.2, 0.25) is 0 Å². The van der Waals surface area contributed by atoms with Crippen LogP contribution in [0.4, 0.5) is 18.9 Å². The summed E-state index contributed by atoms with van der Waals surface area (Å²) in [5.41, 5.74) is -0.165. The fraction of sp³-hybridized carbons (Fsp3) is 0.200. The summed E-state index contributed by atoms with van der Waals surface area (Å²) in [6.07, 6.45) is -4.90. The van der Waals surface area contributed by atoms with Gasteiger partial charge in [-0.2, -0.15) is 0 Å². The maximum absolute atomic E-state index is 13.2. The molecule has 0 spiro atoms. The summed E-state index contributed by atoms with van der Waals surface area (Å²) in [5, 5.41) is 11.3. The standard InChI is InChI=1S/C25H19ClF3NO6/c1-3-34-16-9-10-18(26)17(12-16)22(31)20-21(19-11-4-13(2)35-19)30(24(33)23(20)32)14-5-7-15(8-6-14)36-25(27,28)29/h4-12,21,31H,3H2,1-2H3/b22-20+. The maximum Gasteiger partial charge on any atom is 0.573 e. The van der Waals surface area contributed by atoms with Crippen LogP contribution < -0.4 is 14.4 Å². The topological polar surface area (TPSA) is 89.2 Å². The Morgan fingerprint density at radius 3 is 2.33 bits per heavy atom. The average Bonchev–Trinajstić information content (AvgIpc) is 3.35. The summed E-state index contributed by atoms with van der Waals surface area (Å²) >= 11 is 6.29. The Morgan fingerprint density at radius 1 is 1.08 bits per heavy atom. The van der Waals surface area contributed by atoms with Crippen molar-refractivity contribution in [1.82, 2.24) is 0 Å². The second-order valence-corrected chi connectivity index (χ2v) is 8.14. The first-order chi connectivity index (χ1) is 17.0. The molecule has 1 amide bonds. The number of furan rings is 1. The third-order valence-corrected chi connectivity index (χ3v) is 5.66. The molecule has 188 valence electrons. The lowest BCUT2D eigenvalue weighted by molar-refractivity contribution is -0.274. The molecule has 1 atom stereocenters. The number of hydrogen-bond acceptors (Lipinski definition) is 6. The lowest BCUT2D eigenvalue weighted by Gasteiger charge is -2.23. The minimum absolute atomic E-state index is 0.0582. The van der Waals surface area contributed by atoms with Crippen LogP contribution in [0, 0.1) is 6.92 Å². The molecule has 1 aliphatic rings. The third-order valence-electron chi connectivity index (χ3n) is 5.33. The largest absolute Gasteiger partial charge is 0.573 e. The van der Waals surface area contributed by atoms with Gasteiger partial charge in [-0.15, -0.1) is 13.2 Å². The number of nitrogens with zero attached hydrogens (tertiary/aromatic N) is 1. The number of rotatable bonds is 6. The molecule has 1 aliphatic heterocycles. The number of halogens is 4. The van der Waals surface area contributed by atoms with E-state index >= 15 is 0 Å². The summed E-state index contributed by atoms with van der Waals surface area (Å²) in [6, 6.07) is 10.8. The van der Waals surface area contributed by atoms with Gasteiger partial charge in [-0.25, -0.2) is 0 Å². The SMILES string of the molecule is CCOc1ccc(Cl)c(/C(O)=C2\C(=O)C(=O)N(c3ccc(OC(F)(F)F)cc3)C2c2ccc(C)o2)c1. The van der Waals surface area contributed by atoms with Crippen LogP contribution in [0.5, 0.6) is 11.5 Å². The number of amides is 1. The van der Waals surface area contributed by atoms with Crippen molar-refractivity contribution in [3.05, 3.63) is 82.3 Å². The molecule has 0 bridgehead atoms. The van der Waals surface area contributed by atoms with Gasteiger partial charge in [0.1, 0.15) is 34.8 Å². The zero-order chi connectivity index (χ0) is 26.2. The molecule has 1 fully saturated rings. The molecule has 1 unspecified atom stereocenters. The Balaban J connectivity index is 1.86. The molecule has 0 saturated carbocycles. The lowest BCUT2D eigenvalue weighted by atomic mass is 9.99. The molecule has 2 heterocycles. The summed E-state index contributed by atoms with van der Waals surface area (Å²) < 4.78 is 52.7. The van der Waals surface area contributed by atoms with E-state index in [1.165, 1.54) is 30.3 Å². The van der Waals surface area contributed by atoms with Crippen LogP contribution in [-0.4, -0.2) is 29.8 Å². The quantitative estimate of drug-likeness (QED) is 0.237. The Bertz CT molecular complexity index is 1350. The van der Waals surface area contributed by atoms with Crippen molar-refractivity contribution in [2.24, 2.45) is 0 Å². The zero-order valence-electron chi connectivity index (χ0n) is 18.9. The minimum Gasteiger partial charge on any atom is -0.507 e. The molecule has 36 heavy (non-hydrogen) atoms. The van der Waals surface area contributed by atoms with Crippen LogP contribution in [0.1, 0.15) is 30.0 Å². The summed E-state index contributed by atoms with van der Waals surface area (Å²) in [5.74, 6) is -2.10. The molecule has 1 saturated heterocycles. The molecule has 4 rings (SSSR count). The molecule has 2 aromatic carbocycles. The van der Waals surface area contributed by atoms with Gasteiger partial charge in [-0.1, -0.05) is 11.6 Å². The second-order valence-electron chi connectivity index (χ2n) is 7.73. The summed E-state index contributed by atoms with van der Waals surface area (Å²) in [7, 11) is 0. The first kappa shape index (κ1) is 25.2. The van der Waals surface area contributed by atoms with E-state index in [2.05, 4.69) is 4.74 Å². The van der Waals surface area contributed by atoms with Crippen LogP contribution in [0.2, 0.25) is 5.02 Å². The van der Waals surface area contributed by atoms with E-state index in [4.69, 9.17) is 20.8 Å². The first-order valence-electron chi connectivity index (χ1n) is 10.7. The van der Waals surface area contributed by atoms with Crippen LogP contribution in [0.25, 0.3) is 5.76 Å². The van der Waals surface area contributed by atoms with Crippen molar-refractivity contribution in [2.75, 3.05) is 11.5 Å². The van der Waals surface area contributed by atoms with Gasteiger partial charge in [0, 0.05) is 11.3 Å². The highest BCUT2D eigenvalue weighted by Crippen LogP contribution is 2.44. The fourth-order valence-corrected chi connectivity index (χ4v) is 4.07. The number of hydrogen-bond donors (Lipinski definition) is 1. The van der Waals surface area contributed by atoms with E-state index in [-0.39, 0.29) is 27.6 Å². The van der Waals surface area contributed by atoms with Gasteiger partial charge in [0.05, 0.1) is 17.2 Å². The van der Waals surface area contributed by atoms with Gasteiger partial charge in [0.25, 0.3) is 11.7 Å². The highest BCUT2D eigenvalue weighted by molar-refractivity contribution is 6.52. The van der Waals surface area contributed by atoms with Crippen LogP contribution >= 0.6 is 11.6 Å². The van der Waals surface area contributed by atoms with Crippen molar-refractivity contribution >= 4 is 34.7 Å². The number of carbonyl (C=O) groups excluding carboxylic acids is 2. The molecule has 1 aromatic heterocycles. The Hall–Kier alpha value is -3.92. The molecule has 0 aliphatic carbocycles. The predicted molar refractivity (Wildman–Crippen MR) is 124 cm³/mol. The van der Waals surface area contributed by atoms with Gasteiger partial charge >= 0.3 is 6.36 Å². The number of ketones is 1. The van der Waals surface area contributed by atoms with E-state index < -0.39 is 35.6 Å². The summed E-state index contributed by atoms with van der Waals surface area (Å²) in [4.78, 5) is 27.3. The maximum atomic E-state index is 13.2. The third kappa shape index (κ3) is 4.90. The van der Waals surface area contributed by atoms with Gasteiger partial charge in [-0.3, -0.25) is 14.5 Å². The van der Waals surface area contributed by atoms with Crippen LogP contribution in [0.3, 0.4) is 0 Å². The Labute approximate surface area is 208 Å². The predicted octanol–water partition coefficient (Wildman–Crippen LogP) is 6.17. The van der Waals surface area contributed by atoms with E-state index in [9.17, 15) is 27.9 Å². The molecule has 11 heteroatoms. The van der Waals surface area contributed by atoms with Gasteiger partial charge in [-0.05, 0) is 68.4 Å². The van der Waals surface area contributed by atoms with Crippen LogP contribution in [0.15, 0.2) is 64.6 Å². The van der Waals surface area contributed by atoms with E-state index in [0.717, 1.165) is 17.0 Å². The monoisotopic (exact) mass is 521 g/mol. The Morgan fingerprint density at radius 2 is 1.75 bits per heavy atom. The molecule has 3 aromatic rings. The van der Waals surface area contributed by atoms with Gasteiger partial charge < -0.3 is 19.0 Å². The number of alkyl halides is 3. The molecule has 7 nitrogen and oxygen atoms in total. The van der Waals surface area contributed by atoms with E-state index in [0.29, 0.717) is 18.1 Å². The Kier molecular flexibility index (Phi) is 6.73. The highest BCUT2D eigenvalue weighted by atomic mass is 35.5. The second kappa shape index (κ2) is 9.62. The first-order valence-corrected chi connectivity index (χ1v) is 11.0. The number of aryl methyl sites for hydroxylation is 1. The number of carbonyl (C=O) groups is 2. The lowest BCUT2D eigenvalue weighted by Crippen LogP contribution is -2.29. The van der Waals surface area contributed by atoms with Crippen molar-refractivity contribution in [3.63, 3.8) is 0 Å². The summed E-state index contributed by atoms with van der Waals surface area (Å²) in [6.45, 7) is 3.76. The molecular formula is C25H19ClF3NO6. The number of anilines is 1. The minimum atomic E-state index is -4.90. The van der Waals surface area contributed by atoms with Crippen molar-refractivity contribution < 1.29 is 41.8 Å². The number of aliphatic hydroxyl groups is 1. The number of benzene rings is 2.